The molecule has 2 fully saturated rings. The fourth-order valence-electron chi connectivity index (χ4n) is 4.20. The zero-order chi connectivity index (χ0) is 16.9. The van der Waals surface area contributed by atoms with Gasteiger partial charge < -0.3 is 4.90 Å². The number of hydrogen-bond donors (Lipinski definition) is 0. The Morgan fingerprint density at radius 3 is 2.54 bits per heavy atom. The van der Waals surface area contributed by atoms with Crippen molar-refractivity contribution in [3.8, 4) is 0 Å². The van der Waals surface area contributed by atoms with E-state index in [1.165, 1.54) is 45.1 Å². The van der Waals surface area contributed by atoms with Crippen molar-refractivity contribution in [2.24, 2.45) is 0 Å². The van der Waals surface area contributed by atoms with Crippen molar-refractivity contribution in [3.63, 3.8) is 0 Å². The fourth-order valence-corrected chi connectivity index (χ4v) is 4.20. The molecule has 6 nitrogen and oxygen atoms in total. The Hall–Kier alpha value is -1.43. The molecule has 2 heterocycles. The van der Waals surface area contributed by atoms with Gasteiger partial charge in [0.15, 0.2) is 5.69 Å². The molecule has 0 unspecified atom stereocenters. The lowest BCUT2D eigenvalue weighted by Gasteiger charge is -2.39. The minimum atomic E-state index is -0.00815. The molecule has 0 spiro atoms. The monoisotopic (exact) mass is 333 g/mol. The predicted octanol–water partition coefficient (Wildman–Crippen LogP) is 2.73. The van der Waals surface area contributed by atoms with Gasteiger partial charge in [0, 0.05) is 25.7 Å². The molecular formula is C18H31N5O. The third kappa shape index (κ3) is 3.79. The van der Waals surface area contributed by atoms with E-state index in [0.717, 1.165) is 19.0 Å². The Labute approximate surface area is 145 Å². The molecule has 1 aliphatic carbocycles. The lowest BCUT2D eigenvalue weighted by molar-refractivity contribution is 0.0766. The molecule has 2 aliphatic rings. The zero-order valence-corrected chi connectivity index (χ0v) is 15.2. The maximum Gasteiger partial charge on any atom is 0.276 e. The van der Waals surface area contributed by atoms with E-state index < -0.39 is 0 Å². The highest BCUT2D eigenvalue weighted by Crippen LogP contribution is 2.28. The van der Waals surface area contributed by atoms with Crippen LogP contribution in [-0.2, 0) is 0 Å². The van der Waals surface area contributed by atoms with E-state index >= 15 is 0 Å². The summed E-state index contributed by atoms with van der Waals surface area (Å²) in [6.45, 7) is 7.67. The van der Waals surface area contributed by atoms with Crippen LogP contribution in [0.5, 0.6) is 0 Å². The molecule has 1 saturated carbocycles. The highest BCUT2D eigenvalue weighted by atomic mass is 16.2. The second-order valence-corrected chi connectivity index (χ2v) is 7.14. The molecule has 1 saturated heterocycles. The van der Waals surface area contributed by atoms with Crippen molar-refractivity contribution in [1.29, 1.82) is 0 Å². The van der Waals surface area contributed by atoms with Crippen LogP contribution in [0.25, 0.3) is 0 Å². The summed E-state index contributed by atoms with van der Waals surface area (Å²) in [6.07, 6.45) is 11.0. The van der Waals surface area contributed by atoms with Crippen LogP contribution in [0.2, 0.25) is 0 Å². The molecule has 0 aromatic carbocycles. The molecule has 3 rings (SSSR count). The molecule has 24 heavy (non-hydrogen) atoms. The normalized spacial score (nSPS) is 23.3. The lowest BCUT2D eigenvalue weighted by Crippen LogP contribution is -2.44. The smallest absolute Gasteiger partial charge is 0.276 e. The number of rotatable bonds is 5. The van der Waals surface area contributed by atoms with Crippen LogP contribution in [0, 0.1) is 0 Å². The fraction of sp³-hybridized carbons (Fsp3) is 0.833. The Bertz CT molecular complexity index is 533. The second-order valence-electron chi connectivity index (χ2n) is 7.14. The summed E-state index contributed by atoms with van der Waals surface area (Å²) in [6, 6.07) is 1.10. The van der Waals surface area contributed by atoms with Crippen LogP contribution < -0.4 is 0 Å². The van der Waals surface area contributed by atoms with Crippen molar-refractivity contribution in [2.45, 2.75) is 70.9 Å². The van der Waals surface area contributed by atoms with Crippen LogP contribution in [0.1, 0.15) is 75.3 Å². The van der Waals surface area contributed by atoms with Gasteiger partial charge in [0.2, 0.25) is 0 Å². The molecule has 0 radical (unpaired) electrons. The molecule has 0 bridgehead atoms. The molecule has 1 amide bonds. The maximum atomic E-state index is 12.4. The van der Waals surface area contributed by atoms with Gasteiger partial charge in [-0.1, -0.05) is 24.5 Å². The molecule has 1 atom stereocenters. The van der Waals surface area contributed by atoms with Gasteiger partial charge in [0.25, 0.3) is 5.91 Å². The summed E-state index contributed by atoms with van der Waals surface area (Å²) >= 11 is 0. The third-order valence-electron chi connectivity index (χ3n) is 5.67. The first-order chi connectivity index (χ1) is 11.7. The zero-order valence-electron chi connectivity index (χ0n) is 15.2. The van der Waals surface area contributed by atoms with Crippen LogP contribution in [0.15, 0.2) is 6.20 Å². The number of amides is 1. The van der Waals surface area contributed by atoms with Gasteiger partial charge >= 0.3 is 0 Å². The highest BCUT2D eigenvalue weighted by molar-refractivity contribution is 5.91. The average molecular weight is 333 g/mol. The first-order valence-corrected chi connectivity index (χ1v) is 9.68. The van der Waals surface area contributed by atoms with Gasteiger partial charge in [0.1, 0.15) is 0 Å². The van der Waals surface area contributed by atoms with Gasteiger partial charge in [-0.25, -0.2) is 4.68 Å². The predicted molar refractivity (Wildman–Crippen MR) is 94.0 cm³/mol. The number of nitrogens with zero attached hydrogens (tertiary/aromatic N) is 5. The summed E-state index contributed by atoms with van der Waals surface area (Å²) < 4.78 is 1.94. The Kier molecular flexibility index (Phi) is 5.87. The van der Waals surface area contributed by atoms with E-state index in [4.69, 9.17) is 0 Å². The minimum Gasteiger partial charge on any atom is -0.338 e. The summed E-state index contributed by atoms with van der Waals surface area (Å²) in [7, 11) is 0. The lowest BCUT2D eigenvalue weighted by atomic mass is 9.92. The Morgan fingerprint density at radius 1 is 1.12 bits per heavy atom. The van der Waals surface area contributed by atoms with Gasteiger partial charge in [-0.05, 0) is 46.1 Å². The topological polar surface area (TPSA) is 54.3 Å². The first kappa shape index (κ1) is 17.4. The number of piperidine rings is 1. The van der Waals surface area contributed by atoms with E-state index in [9.17, 15) is 4.79 Å². The van der Waals surface area contributed by atoms with E-state index in [0.29, 0.717) is 24.8 Å². The van der Waals surface area contributed by atoms with Gasteiger partial charge in [-0.2, -0.15) is 0 Å². The second kappa shape index (κ2) is 8.10. The first-order valence-electron chi connectivity index (χ1n) is 9.68. The average Bonchev–Trinajstić information content (AvgIpc) is 3.14. The number of aromatic nitrogens is 3. The standard InChI is InChI=1S/C18H31N5O/c1-3-21(4-2)18(24)17-14-23(20-19-17)16-11-8-12-22(13-16)15-9-6-5-7-10-15/h14-16H,3-13H2,1-2H3/t16-/m0/s1. The van der Waals surface area contributed by atoms with Crippen LogP contribution in [-0.4, -0.2) is 62.9 Å². The van der Waals surface area contributed by atoms with Crippen LogP contribution in [0.4, 0.5) is 0 Å². The summed E-state index contributed by atoms with van der Waals surface area (Å²) in [5, 5.41) is 8.43. The maximum absolute atomic E-state index is 12.4. The SMILES string of the molecule is CCN(CC)C(=O)c1cn([C@H]2CCCN(C3CCCCC3)C2)nn1. The van der Waals surface area contributed by atoms with Crippen molar-refractivity contribution in [3.05, 3.63) is 11.9 Å². The molecule has 0 N–H and O–H groups in total. The van der Waals surface area contributed by atoms with E-state index in [-0.39, 0.29) is 5.91 Å². The Morgan fingerprint density at radius 2 is 1.83 bits per heavy atom. The molecule has 1 aromatic rings. The van der Waals surface area contributed by atoms with Gasteiger partial charge in [-0.15, -0.1) is 5.10 Å². The third-order valence-corrected chi connectivity index (χ3v) is 5.67. The number of likely N-dealkylation sites (tertiary alicyclic amines) is 1. The summed E-state index contributed by atoms with van der Waals surface area (Å²) in [4.78, 5) is 16.9. The van der Waals surface area contributed by atoms with Crippen molar-refractivity contribution >= 4 is 5.91 Å². The number of hydrogen-bond acceptors (Lipinski definition) is 4. The largest absolute Gasteiger partial charge is 0.338 e. The minimum absolute atomic E-state index is 0.00815. The Balaban J connectivity index is 1.64. The van der Waals surface area contributed by atoms with Crippen LogP contribution in [0.3, 0.4) is 0 Å². The van der Waals surface area contributed by atoms with Crippen molar-refractivity contribution in [2.75, 3.05) is 26.2 Å². The summed E-state index contributed by atoms with van der Waals surface area (Å²) in [5.74, 6) is -0.00815. The van der Waals surface area contributed by atoms with E-state index in [1.54, 1.807) is 4.90 Å². The molecule has 1 aromatic heterocycles. The van der Waals surface area contributed by atoms with Crippen molar-refractivity contribution in [1.82, 2.24) is 24.8 Å². The quantitative estimate of drug-likeness (QED) is 0.831. The molecular weight excluding hydrogens is 302 g/mol. The highest BCUT2D eigenvalue weighted by Gasteiger charge is 2.29. The van der Waals surface area contributed by atoms with Crippen LogP contribution >= 0.6 is 0 Å². The van der Waals surface area contributed by atoms with E-state index in [1.807, 2.05) is 24.7 Å². The van der Waals surface area contributed by atoms with E-state index in [2.05, 4.69) is 15.2 Å². The van der Waals surface area contributed by atoms with Crippen molar-refractivity contribution < 1.29 is 4.79 Å². The molecule has 1 aliphatic heterocycles. The van der Waals surface area contributed by atoms with Gasteiger partial charge in [0.05, 0.1) is 12.2 Å². The summed E-state index contributed by atoms with van der Waals surface area (Å²) in [5.41, 5.74) is 0.480. The number of carbonyl (C=O) groups is 1. The number of carbonyl (C=O) groups excluding carboxylic acids is 1. The van der Waals surface area contributed by atoms with Gasteiger partial charge in [-0.3, -0.25) is 9.69 Å². The molecule has 6 heteroatoms. The molecule has 134 valence electrons.